The first-order valence-electron chi connectivity index (χ1n) is 21.4. The monoisotopic (exact) mass is 710 g/mol. The Morgan fingerprint density at radius 1 is 0.469 bits per heavy atom. The lowest BCUT2D eigenvalue weighted by molar-refractivity contribution is -0.0389. The number of hydrogen-bond acceptors (Lipinski definition) is 4. The number of benzene rings is 1. The maximum absolute atomic E-state index is 6.31. The molecule has 1 aromatic rings. The molecule has 1 atom stereocenters. The second kappa shape index (κ2) is 40.0. The van der Waals surface area contributed by atoms with Gasteiger partial charge in [0.1, 0.15) is 18.5 Å². The van der Waals surface area contributed by atoms with E-state index in [0.717, 1.165) is 51.2 Å². The molecule has 0 aliphatic carbocycles. The number of rotatable bonds is 39. The van der Waals surface area contributed by atoms with Crippen LogP contribution in [0.1, 0.15) is 206 Å². The van der Waals surface area contributed by atoms with Crippen LogP contribution in [0, 0.1) is 0 Å². The largest absolute Gasteiger partial charge is 0.491 e. The topological polar surface area (TPSA) is 53.7 Å². The van der Waals surface area contributed by atoms with Crippen molar-refractivity contribution in [3.05, 3.63) is 29.8 Å². The number of nitrogens with two attached hydrogens (primary N) is 1. The molecule has 290 valence electrons. The maximum atomic E-state index is 6.31. The molecule has 0 bridgehead atoms. The molecule has 0 aromatic heterocycles. The first-order chi connectivity index (χ1) is 23.8. The minimum Gasteiger partial charge on any atom is -0.491 e. The third-order valence-electron chi connectivity index (χ3n) is 9.83. The molecular weight excluding hydrogens is 626 g/mol. The number of aryl methyl sites for hydroxylation is 1. The molecule has 5 heteroatoms. The molecule has 1 unspecified atom stereocenters. The molecule has 1 rings (SSSR count). The summed E-state index contributed by atoms with van der Waals surface area (Å²) in [4.78, 5) is 0. The minimum atomic E-state index is -0.0180. The van der Waals surface area contributed by atoms with Crippen LogP contribution in [-0.4, -0.2) is 39.1 Å². The van der Waals surface area contributed by atoms with Gasteiger partial charge in [-0.05, 0) is 49.9 Å². The number of hydrogen-bond donors (Lipinski definition) is 1. The van der Waals surface area contributed by atoms with E-state index in [9.17, 15) is 0 Å². The van der Waals surface area contributed by atoms with E-state index in [-0.39, 0.29) is 18.5 Å². The summed E-state index contributed by atoms with van der Waals surface area (Å²) in [6, 6.07) is 8.46. The van der Waals surface area contributed by atoms with Gasteiger partial charge in [-0.2, -0.15) is 0 Å². The maximum Gasteiger partial charge on any atom is 0.119 e. The van der Waals surface area contributed by atoms with Gasteiger partial charge in [-0.15, -0.1) is 12.4 Å². The highest BCUT2D eigenvalue weighted by Crippen LogP contribution is 2.16. The van der Waals surface area contributed by atoms with Crippen molar-refractivity contribution in [1.29, 1.82) is 0 Å². The lowest BCUT2D eigenvalue weighted by Gasteiger charge is -2.19. The average molecular weight is 711 g/mol. The molecule has 0 saturated heterocycles. The molecule has 0 amide bonds. The van der Waals surface area contributed by atoms with Crippen molar-refractivity contribution >= 4 is 12.4 Å². The van der Waals surface area contributed by atoms with Crippen LogP contribution in [0.3, 0.4) is 0 Å². The average Bonchev–Trinajstić information content (AvgIpc) is 3.11. The molecule has 1 aromatic carbocycles. The normalized spacial score (nSPS) is 11.9. The summed E-state index contributed by atoms with van der Waals surface area (Å²) in [5, 5.41) is 0. The number of halogens is 1. The highest BCUT2D eigenvalue weighted by atomic mass is 35.5. The fourth-order valence-electron chi connectivity index (χ4n) is 6.55. The molecule has 0 aliphatic rings. The Hall–Kier alpha value is -0.810. The number of unbranched alkanes of at least 4 members (excludes halogenated alkanes) is 26. The van der Waals surface area contributed by atoms with Gasteiger partial charge in [0.25, 0.3) is 0 Å². The second-order valence-electron chi connectivity index (χ2n) is 14.6. The summed E-state index contributed by atoms with van der Waals surface area (Å²) < 4.78 is 18.6. The van der Waals surface area contributed by atoms with E-state index in [1.54, 1.807) is 0 Å². The van der Waals surface area contributed by atoms with Gasteiger partial charge in [-0.1, -0.05) is 193 Å². The van der Waals surface area contributed by atoms with Gasteiger partial charge in [0.15, 0.2) is 0 Å². The summed E-state index contributed by atoms with van der Waals surface area (Å²) in [5.41, 5.74) is 6.98. The van der Waals surface area contributed by atoms with E-state index >= 15 is 0 Å². The van der Waals surface area contributed by atoms with Crippen molar-refractivity contribution < 1.29 is 14.2 Å². The Bertz CT molecular complexity index is 746. The van der Waals surface area contributed by atoms with E-state index in [1.807, 2.05) is 0 Å². The van der Waals surface area contributed by atoms with Crippen molar-refractivity contribution in [3.8, 4) is 5.75 Å². The predicted octanol–water partition coefficient (Wildman–Crippen LogP) is 13.7. The van der Waals surface area contributed by atoms with Crippen LogP contribution in [0.5, 0.6) is 5.75 Å². The third-order valence-corrected chi connectivity index (χ3v) is 9.83. The van der Waals surface area contributed by atoms with Gasteiger partial charge in [-0.25, -0.2) is 0 Å². The fourth-order valence-corrected chi connectivity index (χ4v) is 6.55. The van der Waals surface area contributed by atoms with Crippen LogP contribution in [0.2, 0.25) is 0 Å². The quantitative estimate of drug-likeness (QED) is 0.0691. The Kier molecular flexibility index (Phi) is 39.3. The van der Waals surface area contributed by atoms with Crippen molar-refractivity contribution in [3.63, 3.8) is 0 Å². The van der Waals surface area contributed by atoms with Crippen LogP contribution in [0.25, 0.3) is 0 Å². The Balaban J connectivity index is 0.0000230. The van der Waals surface area contributed by atoms with Crippen molar-refractivity contribution in [2.45, 2.75) is 213 Å². The molecule has 0 spiro atoms. The zero-order chi connectivity index (χ0) is 34.4. The highest BCUT2D eigenvalue weighted by molar-refractivity contribution is 5.85. The molecule has 2 N–H and O–H groups in total. The molecule has 0 aliphatic heterocycles. The van der Waals surface area contributed by atoms with Crippen LogP contribution in [0.15, 0.2) is 24.3 Å². The van der Waals surface area contributed by atoms with Crippen LogP contribution >= 0.6 is 12.4 Å². The second-order valence-corrected chi connectivity index (χ2v) is 14.6. The molecule has 0 heterocycles. The lowest BCUT2D eigenvalue weighted by Crippen LogP contribution is -2.28. The van der Waals surface area contributed by atoms with Crippen LogP contribution < -0.4 is 10.5 Å². The molecule has 0 radical (unpaired) electrons. The zero-order valence-electron chi connectivity index (χ0n) is 32.8. The Labute approximate surface area is 312 Å². The van der Waals surface area contributed by atoms with Crippen molar-refractivity contribution in [1.82, 2.24) is 0 Å². The van der Waals surface area contributed by atoms with Gasteiger partial charge < -0.3 is 19.9 Å². The third kappa shape index (κ3) is 34.1. The van der Waals surface area contributed by atoms with Crippen molar-refractivity contribution in [2.75, 3.05) is 33.0 Å². The van der Waals surface area contributed by atoms with E-state index in [1.165, 1.54) is 173 Å². The van der Waals surface area contributed by atoms with E-state index < -0.39 is 0 Å². The molecule has 0 saturated carbocycles. The van der Waals surface area contributed by atoms with Gasteiger partial charge >= 0.3 is 0 Å². The minimum absolute atomic E-state index is 0. The van der Waals surface area contributed by atoms with E-state index in [2.05, 4.69) is 38.1 Å². The summed E-state index contributed by atoms with van der Waals surface area (Å²) in [7, 11) is 0. The zero-order valence-corrected chi connectivity index (χ0v) is 33.7. The smallest absolute Gasteiger partial charge is 0.119 e. The van der Waals surface area contributed by atoms with Gasteiger partial charge in [0.05, 0.1) is 6.61 Å². The highest BCUT2D eigenvalue weighted by Gasteiger charge is 2.11. The first kappa shape index (κ1) is 48.2. The number of ether oxygens (including phenoxy) is 3. The fraction of sp³-hybridized carbons (Fsp3) is 0.864. The summed E-state index contributed by atoms with van der Waals surface area (Å²) in [6.45, 7) is 8.11. The summed E-state index contributed by atoms with van der Waals surface area (Å²) in [6.07, 6.45) is 40.6. The van der Waals surface area contributed by atoms with Gasteiger partial charge in [-0.3, -0.25) is 0 Å². The van der Waals surface area contributed by atoms with Crippen LogP contribution in [-0.2, 0) is 15.9 Å². The standard InChI is InChI=1S/C44H83NO3.ClH/c1-3-5-7-9-11-13-15-17-19-21-23-25-27-29-38-46-40-44(41-48-43-35-33-42(34-36-43)32-31-37-45)47-39-30-28-26-24-22-20-18-16-14-12-10-8-6-4-2;/h33-36,44H,3-32,37-41,45H2,1-2H3;1H. The summed E-state index contributed by atoms with van der Waals surface area (Å²) >= 11 is 0. The predicted molar refractivity (Wildman–Crippen MR) is 218 cm³/mol. The molecule has 49 heavy (non-hydrogen) atoms. The Morgan fingerprint density at radius 3 is 1.27 bits per heavy atom. The van der Waals surface area contributed by atoms with Gasteiger partial charge in [0.2, 0.25) is 0 Å². The first-order valence-corrected chi connectivity index (χ1v) is 21.4. The van der Waals surface area contributed by atoms with E-state index in [0.29, 0.717) is 13.2 Å². The molecule has 4 nitrogen and oxygen atoms in total. The molecule has 0 fully saturated rings. The van der Waals surface area contributed by atoms with Crippen LogP contribution in [0.4, 0.5) is 0 Å². The SMILES string of the molecule is CCCCCCCCCCCCCCCCOCC(COc1ccc(CCCN)cc1)OCCCCCCCCCCCCCCCC.Cl. The molecular formula is C44H84ClNO3. The van der Waals surface area contributed by atoms with Gasteiger partial charge in [0, 0.05) is 13.2 Å². The summed E-state index contributed by atoms with van der Waals surface area (Å²) in [5.74, 6) is 0.906. The lowest BCUT2D eigenvalue weighted by atomic mass is 10.0. The Morgan fingerprint density at radius 2 is 0.857 bits per heavy atom. The van der Waals surface area contributed by atoms with E-state index in [4.69, 9.17) is 19.9 Å². The van der Waals surface area contributed by atoms with Crippen molar-refractivity contribution in [2.24, 2.45) is 5.73 Å².